The second-order valence-corrected chi connectivity index (χ2v) is 3.68. The number of aromatic nitrogens is 2. The molecule has 0 bridgehead atoms. The van der Waals surface area contributed by atoms with E-state index in [0.29, 0.717) is 4.47 Å². The second-order valence-electron chi connectivity index (χ2n) is 2.89. The van der Waals surface area contributed by atoms with Crippen LogP contribution in [0.5, 0.6) is 0 Å². The van der Waals surface area contributed by atoms with Crippen molar-refractivity contribution < 1.29 is 9.90 Å². The summed E-state index contributed by atoms with van der Waals surface area (Å²) in [6.45, 7) is 3.68. The Morgan fingerprint density at radius 3 is 2.54 bits per heavy atom. The van der Waals surface area contributed by atoms with Gasteiger partial charge in [0.25, 0.3) is 0 Å². The number of anilines is 1. The van der Waals surface area contributed by atoms with Crippen LogP contribution < -0.4 is 5.73 Å². The minimum atomic E-state index is -1.04. The fraction of sp³-hybridized carbons (Fsp3) is 0.429. The number of rotatable bonds is 2. The number of nitrogen functional groups attached to an aromatic ring is 1. The topological polar surface area (TPSA) is 81.1 Å². The zero-order valence-corrected chi connectivity index (χ0v) is 8.87. The Bertz CT molecular complexity index is 346. The van der Waals surface area contributed by atoms with Gasteiger partial charge in [-0.05, 0) is 29.8 Å². The summed E-state index contributed by atoms with van der Waals surface area (Å²) >= 11 is 3.08. The first-order valence-corrected chi connectivity index (χ1v) is 4.51. The van der Waals surface area contributed by atoms with E-state index in [1.54, 1.807) is 0 Å². The van der Waals surface area contributed by atoms with Crippen molar-refractivity contribution in [1.82, 2.24) is 9.78 Å². The number of nitrogens with zero attached hydrogens (tertiary/aromatic N) is 2. The monoisotopic (exact) mass is 247 g/mol. The molecule has 72 valence electrons. The van der Waals surface area contributed by atoms with Crippen molar-refractivity contribution in [1.29, 1.82) is 0 Å². The molecule has 1 rings (SSSR count). The summed E-state index contributed by atoms with van der Waals surface area (Å²) in [5.41, 5.74) is 5.57. The largest absolute Gasteiger partial charge is 0.476 e. The smallest absolute Gasteiger partial charge is 0.355 e. The number of hydrogen-bond acceptors (Lipinski definition) is 3. The van der Waals surface area contributed by atoms with Crippen molar-refractivity contribution >= 4 is 27.7 Å². The Kier molecular flexibility index (Phi) is 2.60. The van der Waals surface area contributed by atoms with Crippen LogP contribution in [0.25, 0.3) is 0 Å². The van der Waals surface area contributed by atoms with Crippen LogP contribution in [0.3, 0.4) is 0 Å². The molecule has 5 nitrogen and oxygen atoms in total. The van der Waals surface area contributed by atoms with Crippen LogP contribution >= 0.6 is 15.9 Å². The molecule has 0 saturated heterocycles. The highest BCUT2D eigenvalue weighted by Crippen LogP contribution is 2.25. The van der Waals surface area contributed by atoms with Crippen molar-refractivity contribution in [3.8, 4) is 0 Å². The first-order valence-electron chi connectivity index (χ1n) is 3.72. The number of aromatic carboxylic acids is 1. The fourth-order valence-electron chi connectivity index (χ4n) is 0.997. The predicted molar refractivity (Wildman–Crippen MR) is 51.7 cm³/mol. The van der Waals surface area contributed by atoms with Gasteiger partial charge in [0.1, 0.15) is 0 Å². The molecule has 0 aromatic carbocycles. The summed E-state index contributed by atoms with van der Waals surface area (Å²) in [5.74, 6) is -0.837. The molecule has 1 heterocycles. The van der Waals surface area contributed by atoms with E-state index in [0.717, 1.165) is 0 Å². The number of halogens is 1. The molecule has 0 aliphatic heterocycles. The normalized spacial score (nSPS) is 10.8. The highest BCUT2D eigenvalue weighted by Gasteiger charge is 2.21. The quantitative estimate of drug-likeness (QED) is 0.831. The third kappa shape index (κ3) is 1.67. The molecule has 1 aromatic rings. The number of carboxylic acid groups (broad SMARTS) is 1. The van der Waals surface area contributed by atoms with E-state index in [2.05, 4.69) is 21.0 Å². The number of carbonyl (C=O) groups is 1. The molecule has 0 spiro atoms. The van der Waals surface area contributed by atoms with Gasteiger partial charge in [-0.2, -0.15) is 5.10 Å². The molecule has 3 N–H and O–H groups in total. The molecule has 0 unspecified atom stereocenters. The van der Waals surface area contributed by atoms with Crippen molar-refractivity contribution in [2.75, 3.05) is 5.73 Å². The first kappa shape index (κ1) is 10.0. The molecular formula is C7H10BrN3O2. The molecule has 0 aliphatic carbocycles. The van der Waals surface area contributed by atoms with E-state index in [1.807, 2.05) is 13.8 Å². The second kappa shape index (κ2) is 3.37. The third-order valence-corrected chi connectivity index (χ3v) is 2.35. The Balaban J connectivity index is 3.35. The van der Waals surface area contributed by atoms with E-state index in [4.69, 9.17) is 10.8 Å². The molecule has 1 aromatic heterocycles. The van der Waals surface area contributed by atoms with Gasteiger partial charge in [0.2, 0.25) is 0 Å². The maximum atomic E-state index is 10.8. The molecule has 0 amide bonds. The van der Waals surface area contributed by atoms with Crippen LogP contribution in [0.2, 0.25) is 0 Å². The summed E-state index contributed by atoms with van der Waals surface area (Å²) in [7, 11) is 0. The molecule has 6 heteroatoms. The highest BCUT2D eigenvalue weighted by atomic mass is 79.9. The van der Waals surface area contributed by atoms with Crippen molar-refractivity contribution in [2.24, 2.45) is 0 Å². The van der Waals surface area contributed by atoms with Gasteiger partial charge in [0.15, 0.2) is 11.5 Å². The molecule has 0 fully saturated rings. The van der Waals surface area contributed by atoms with E-state index >= 15 is 0 Å². The van der Waals surface area contributed by atoms with Gasteiger partial charge in [-0.15, -0.1) is 0 Å². The van der Waals surface area contributed by atoms with Crippen molar-refractivity contribution in [2.45, 2.75) is 19.9 Å². The van der Waals surface area contributed by atoms with Crippen LogP contribution in [0.1, 0.15) is 30.4 Å². The van der Waals surface area contributed by atoms with Crippen LogP contribution in [0, 0.1) is 0 Å². The van der Waals surface area contributed by atoms with Crippen LogP contribution in [0.15, 0.2) is 4.47 Å². The lowest BCUT2D eigenvalue weighted by Crippen LogP contribution is -2.12. The summed E-state index contributed by atoms with van der Waals surface area (Å²) in [5, 5.41) is 12.8. The molecule has 0 radical (unpaired) electrons. The summed E-state index contributed by atoms with van der Waals surface area (Å²) < 4.78 is 1.72. The first-order chi connectivity index (χ1) is 5.95. The van der Waals surface area contributed by atoms with E-state index in [-0.39, 0.29) is 17.6 Å². The summed E-state index contributed by atoms with van der Waals surface area (Å²) in [6.07, 6.45) is 0. The highest BCUT2D eigenvalue weighted by molar-refractivity contribution is 9.10. The fourth-order valence-corrected chi connectivity index (χ4v) is 1.43. The van der Waals surface area contributed by atoms with Crippen LogP contribution in [0.4, 0.5) is 5.82 Å². The number of nitrogens with two attached hydrogens (primary N) is 1. The van der Waals surface area contributed by atoms with Gasteiger partial charge in [0.05, 0.1) is 4.47 Å². The Hall–Kier alpha value is -1.04. The number of hydrogen-bond donors (Lipinski definition) is 2. The molecule has 0 aliphatic rings. The van der Waals surface area contributed by atoms with Crippen molar-refractivity contribution in [3.05, 3.63) is 10.2 Å². The van der Waals surface area contributed by atoms with Crippen LogP contribution in [-0.4, -0.2) is 20.9 Å². The average Bonchev–Trinajstić information content (AvgIpc) is 2.28. The standard InChI is InChI=1S/C7H10BrN3O2/c1-3(2)11-5(7(12)13)4(8)6(9)10-11/h3H,1-2H3,(H2,9,10)(H,12,13). The maximum Gasteiger partial charge on any atom is 0.355 e. The van der Waals surface area contributed by atoms with Gasteiger partial charge in [-0.25, -0.2) is 4.79 Å². The minimum absolute atomic E-state index is 0.0281. The van der Waals surface area contributed by atoms with Gasteiger partial charge in [-0.1, -0.05) is 0 Å². The lowest BCUT2D eigenvalue weighted by Gasteiger charge is -2.06. The predicted octanol–water partition coefficient (Wildman–Crippen LogP) is 1.51. The molecular weight excluding hydrogens is 238 g/mol. The molecule has 0 atom stereocenters. The van der Waals surface area contributed by atoms with E-state index < -0.39 is 5.97 Å². The van der Waals surface area contributed by atoms with Gasteiger partial charge < -0.3 is 10.8 Å². The summed E-state index contributed by atoms with van der Waals surface area (Å²) in [6, 6.07) is -0.0281. The minimum Gasteiger partial charge on any atom is -0.476 e. The van der Waals surface area contributed by atoms with Crippen LogP contribution in [-0.2, 0) is 0 Å². The van der Waals surface area contributed by atoms with Crippen molar-refractivity contribution in [3.63, 3.8) is 0 Å². The SMILES string of the molecule is CC(C)n1nc(N)c(Br)c1C(=O)O. The van der Waals surface area contributed by atoms with Gasteiger partial charge in [0, 0.05) is 6.04 Å². The zero-order chi connectivity index (χ0) is 10.2. The maximum absolute atomic E-state index is 10.8. The summed E-state index contributed by atoms with van der Waals surface area (Å²) in [4.78, 5) is 10.8. The lowest BCUT2D eigenvalue weighted by molar-refractivity contribution is 0.0680. The molecule has 0 saturated carbocycles. The average molecular weight is 248 g/mol. The molecule has 13 heavy (non-hydrogen) atoms. The Labute approximate surface area is 83.7 Å². The Morgan fingerprint density at radius 2 is 2.23 bits per heavy atom. The Morgan fingerprint density at radius 1 is 1.69 bits per heavy atom. The third-order valence-electron chi connectivity index (χ3n) is 1.57. The van der Waals surface area contributed by atoms with E-state index in [1.165, 1.54) is 4.68 Å². The number of carboxylic acids is 1. The van der Waals surface area contributed by atoms with Gasteiger partial charge >= 0.3 is 5.97 Å². The van der Waals surface area contributed by atoms with E-state index in [9.17, 15) is 4.79 Å². The van der Waals surface area contributed by atoms with Gasteiger partial charge in [-0.3, -0.25) is 4.68 Å². The zero-order valence-electron chi connectivity index (χ0n) is 7.28. The lowest BCUT2D eigenvalue weighted by atomic mass is 10.3.